The number of pyridine rings is 1. The molecular formula is C9H6BrClN3. The summed E-state index contributed by atoms with van der Waals surface area (Å²) in [6.07, 6.45) is 4.61. The van der Waals surface area contributed by atoms with Crippen molar-refractivity contribution in [3.63, 3.8) is 0 Å². The van der Waals surface area contributed by atoms with Gasteiger partial charge in [0.15, 0.2) is 0 Å². The predicted octanol–water partition coefficient (Wildman–Crippen LogP) is 2.79. The Labute approximate surface area is 94.9 Å². The fourth-order valence-corrected chi connectivity index (χ4v) is 1.62. The molecule has 2 rings (SSSR count). The molecule has 2 aromatic heterocycles. The van der Waals surface area contributed by atoms with E-state index >= 15 is 0 Å². The van der Waals surface area contributed by atoms with Gasteiger partial charge in [-0.1, -0.05) is 11.6 Å². The van der Waals surface area contributed by atoms with Crippen LogP contribution in [0.1, 0.15) is 5.69 Å². The number of nitrogens with zero attached hydrogens (tertiary/aromatic N) is 3. The molecule has 71 valence electrons. The van der Waals surface area contributed by atoms with Gasteiger partial charge in [0.25, 0.3) is 0 Å². The van der Waals surface area contributed by atoms with Gasteiger partial charge in [0.2, 0.25) is 0 Å². The van der Waals surface area contributed by atoms with Gasteiger partial charge in [-0.25, -0.2) is 9.67 Å². The zero-order valence-corrected chi connectivity index (χ0v) is 9.67. The molecule has 0 saturated carbocycles. The van der Waals surface area contributed by atoms with Gasteiger partial charge in [-0.05, 0) is 35.0 Å². The third kappa shape index (κ3) is 1.67. The SMILES string of the molecule is Cc1c[c]n(-c2ccnc(Cl)c2Br)n1. The van der Waals surface area contributed by atoms with Gasteiger partial charge in [0, 0.05) is 6.20 Å². The van der Waals surface area contributed by atoms with Crippen molar-refractivity contribution < 1.29 is 0 Å². The summed E-state index contributed by atoms with van der Waals surface area (Å²) < 4.78 is 2.36. The zero-order valence-electron chi connectivity index (χ0n) is 7.33. The molecule has 5 heteroatoms. The van der Waals surface area contributed by atoms with Crippen molar-refractivity contribution in [3.8, 4) is 5.69 Å². The average molecular weight is 272 g/mol. The first kappa shape index (κ1) is 9.68. The summed E-state index contributed by atoms with van der Waals surface area (Å²) in [5.41, 5.74) is 1.74. The van der Waals surface area contributed by atoms with Gasteiger partial charge >= 0.3 is 0 Å². The van der Waals surface area contributed by atoms with Gasteiger partial charge in [0.1, 0.15) is 5.15 Å². The Morgan fingerprint density at radius 1 is 1.57 bits per heavy atom. The molecule has 0 atom stereocenters. The molecule has 0 fully saturated rings. The topological polar surface area (TPSA) is 30.7 Å². The van der Waals surface area contributed by atoms with E-state index < -0.39 is 0 Å². The summed E-state index contributed by atoms with van der Waals surface area (Å²) in [5.74, 6) is 0. The molecule has 0 aliphatic heterocycles. The van der Waals surface area contributed by atoms with E-state index in [-0.39, 0.29) is 0 Å². The van der Waals surface area contributed by atoms with Crippen molar-refractivity contribution in [2.24, 2.45) is 0 Å². The summed E-state index contributed by atoms with van der Waals surface area (Å²) >= 11 is 9.21. The maximum atomic E-state index is 5.86. The van der Waals surface area contributed by atoms with Gasteiger partial charge < -0.3 is 0 Å². The average Bonchev–Trinajstić information content (AvgIpc) is 2.57. The predicted molar refractivity (Wildman–Crippen MR) is 57.6 cm³/mol. The zero-order chi connectivity index (χ0) is 10.1. The van der Waals surface area contributed by atoms with Gasteiger partial charge in [-0.3, -0.25) is 0 Å². The van der Waals surface area contributed by atoms with Gasteiger partial charge in [0.05, 0.1) is 22.1 Å². The Morgan fingerprint density at radius 2 is 2.36 bits per heavy atom. The fraction of sp³-hybridized carbons (Fsp3) is 0.111. The molecule has 0 aliphatic rings. The van der Waals surface area contributed by atoms with Gasteiger partial charge in [-0.2, -0.15) is 5.10 Å². The lowest BCUT2D eigenvalue weighted by Gasteiger charge is -2.03. The number of halogens is 2. The molecule has 1 radical (unpaired) electrons. The second-order valence-electron chi connectivity index (χ2n) is 2.76. The van der Waals surface area contributed by atoms with E-state index in [9.17, 15) is 0 Å². The van der Waals surface area contributed by atoms with Crippen molar-refractivity contribution in [2.45, 2.75) is 6.92 Å². The Kier molecular flexibility index (Phi) is 2.56. The molecule has 2 aromatic rings. The van der Waals surface area contributed by atoms with Crippen LogP contribution in [0.5, 0.6) is 0 Å². The van der Waals surface area contributed by atoms with Crippen LogP contribution < -0.4 is 0 Å². The van der Waals surface area contributed by atoms with E-state index in [0.717, 1.165) is 15.9 Å². The minimum atomic E-state index is 0.420. The highest BCUT2D eigenvalue weighted by Crippen LogP contribution is 2.26. The van der Waals surface area contributed by atoms with Crippen LogP contribution in [0.25, 0.3) is 5.69 Å². The largest absolute Gasteiger partial charge is 0.243 e. The highest BCUT2D eigenvalue weighted by atomic mass is 79.9. The molecule has 0 saturated heterocycles. The quantitative estimate of drug-likeness (QED) is 0.747. The minimum absolute atomic E-state index is 0.420. The minimum Gasteiger partial charge on any atom is -0.243 e. The molecule has 2 heterocycles. The lowest BCUT2D eigenvalue weighted by Crippen LogP contribution is -1.97. The third-order valence-electron chi connectivity index (χ3n) is 1.71. The van der Waals surface area contributed by atoms with E-state index in [1.54, 1.807) is 16.9 Å². The maximum Gasteiger partial charge on any atom is 0.145 e. The summed E-state index contributed by atoms with van der Waals surface area (Å²) in [4.78, 5) is 3.94. The van der Waals surface area contributed by atoms with E-state index in [0.29, 0.717) is 5.15 Å². The van der Waals surface area contributed by atoms with Crippen LogP contribution in [0.15, 0.2) is 22.8 Å². The number of aryl methyl sites for hydroxylation is 1. The Balaban J connectivity index is 2.57. The van der Waals surface area contributed by atoms with Crippen LogP contribution in [0.3, 0.4) is 0 Å². The Bertz CT molecular complexity index is 467. The highest BCUT2D eigenvalue weighted by Gasteiger charge is 2.07. The van der Waals surface area contributed by atoms with E-state index in [1.807, 2.05) is 13.0 Å². The molecule has 0 aromatic carbocycles. The fourth-order valence-electron chi connectivity index (χ4n) is 1.07. The van der Waals surface area contributed by atoms with Crippen LogP contribution in [0, 0.1) is 13.1 Å². The molecule has 0 unspecified atom stereocenters. The second kappa shape index (κ2) is 3.71. The number of hydrogen-bond donors (Lipinski definition) is 0. The monoisotopic (exact) mass is 270 g/mol. The second-order valence-corrected chi connectivity index (χ2v) is 3.91. The van der Waals surface area contributed by atoms with Crippen molar-refractivity contribution in [1.29, 1.82) is 0 Å². The van der Waals surface area contributed by atoms with E-state index in [2.05, 4.69) is 32.2 Å². The summed E-state index contributed by atoms with van der Waals surface area (Å²) in [5, 5.41) is 4.65. The first-order valence-electron chi connectivity index (χ1n) is 3.93. The number of rotatable bonds is 1. The molecule has 0 bridgehead atoms. The lowest BCUT2D eigenvalue weighted by atomic mass is 10.4. The molecule has 0 aliphatic carbocycles. The van der Waals surface area contributed by atoms with Crippen LogP contribution in [0.4, 0.5) is 0 Å². The number of hydrogen-bond acceptors (Lipinski definition) is 2. The van der Waals surface area contributed by atoms with Crippen molar-refractivity contribution in [2.75, 3.05) is 0 Å². The van der Waals surface area contributed by atoms with E-state index in [1.165, 1.54) is 0 Å². The maximum absolute atomic E-state index is 5.86. The van der Waals surface area contributed by atoms with Crippen LogP contribution in [-0.2, 0) is 0 Å². The van der Waals surface area contributed by atoms with Gasteiger partial charge in [-0.15, -0.1) is 0 Å². The van der Waals surface area contributed by atoms with E-state index in [4.69, 9.17) is 11.6 Å². The molecule has 14 heavy (non-hydrogen) atoms. The lowest BCUT2D eigenvalue weighted by molar-refractivity contribution is 0.850. The van der Waals surface area contributed by atoms with Crippen LogP contribution in [0.2, 0.25) is 5.15 Å². The van der Waals surface area contributed by atoms with Crippen molar-refractivity contribution in [1.82, 2.24) is 14.8 Å². The first-order valence-corrected chi connectivity index (χ1v) is 5.10. The normalized spacial score (nSPS) is 10.5. The molecule has 0 amide bonds. The molecule has 0 N–H and O–H groups in total. The molecular weight excluding hydrogens is 265 g/mol. The Hall–Kier alpha value is -0.870. The summed E-state index contributed by atoms with van der Waals surface area (Å²) in [7, 11) is 0. The molecule has 0 spiro atoms. The van der Waals surface area contributed by atoms with Crippen molar-refractivity contribution >= 4 is 27.5 Å². The van der Waals surface area contributed by atoms with Crippen LogP contribution >= 0.6 is 27.5 Å². The smallest absolute Gasteiger partial charge is 0.145 e. The van der Waals surface area contributed by atoms with Crippen molar-refractivity contribution in [3.05, 3.63) is 39.8 Å². The summed E-state index contributed by atoms with van der Waals surface area (Å²) in [6, 6.07) is 3.62. The standard InChI is InChI=1S/C9H6BrClN3/c1-6-3-5-14(13-6)7-2-4-12-9(11)8(7)10/h2-4H,1H3. The first-order chi connectivity index (χ1) is 6.68. The third-order valence-corrected chi connectivity index (χ3v) is 3.00. The highest BCUT2D eigenvalue weighted by molar-refractivity contribution is 9.10. The van der Waals surface area contributed by atoms with Crippen LogP contribution in [-0.4, -0.2) is 14.8 Å². The summed E-state index contributed by atoms with van der Waals surface area (Å²) in [6.45, 7) is 1.91. The molecule has 3 nitrogen and oxygen atoms in total. The Morgan fingerprint density at radius 3 is 3.00 bits per heavy atom. The number of aromatic nitrogens is 3.